The van der Waals surface area contributed by atoms with Crippen LogP contribution in [0.3, 0.4) is 0 Å². The summed E-state index contributed by atoms with van der Waals surface area (Å²) in [4.78, 5) is 0. The van der Waals surface area contributed by atoms with Gasteiger partial charge in [-0.1, -0.05) is 6.42 Å². The smallest absolute Gasteiger partial charge is 0.214 e. The third kappa shape index (κ3) is 2.45. The summed E-state index contributed by atoms with van der Waals surface area (Å²) in [6.45, 7) is 0.603. The van der Waals surface area contributed by atoms with Gasteiger partial charge in [0.2, 0.25) is 10.0 Å². The van der Waals surface area contributed by atoms with E-state index in [0.717, 1.165) is 23.7 Å². The van der Waals surface area contributed by atoms with Gasteiger partial charge < -0.3 is 5.32 Å². The van der Waals surface area contributed by atoms with Crippen molar-refractivity contribution in [1.82, 2.24) is 9.62 Å². The lowest BCUT2D eigenvalue weighted by atomic mass is 9.79. The second-order valence-corrected chi connectivity index (χ2v) is 9.12. The van der Waals surface area contributed by atoms with Crippen molar-refractivity contribution < 1.29 is 8.42 Å². The first kappa shape index (κ1) is 13.8. The van der Waals surface area contributed by atoms with Gasteiger partial charge in [0.1, 0.15) is 0 Å². The predicted molar refractivity (Wildman–Crippen MR) is 76.3 cm³/mol. The van der Waals surface area contributed by atoms with Crippen LogP contribution in [0.4, 0.5) is 0 Å². The zero-order valence-corrected chi connectivity index (χ0v) is 12.8. The van der Waals surface area contributed by atoms with Crippen LogP contribution >= 0.6 is 0 Å². The molecule has 0 heterocycles. The number of hydrogen-bond donors (Lipinski definition) is 1. The van der Waals surface area contributed by atoms with E-state index in [1.54, 1.807) is 14.1 Å². The second kappa shape index (κ2) is 5.01. The fourth-order valence-corrected chi connectivity index (χ4v) is 5.60. The molecule has 5 heteroatoms. The lowest BCUT2D eigenvalue weighted by Gasteiger charge is -2.32. The molecule has 3 fully saturated rings. The number of hydrogen-bond acceptors (Lipinski definition) is 3. The Bertz CT molecular complexity index is 435. The molecule has 3 aliphatic rings. The summed E-state index contributed by atoms with van der Waals surface area (Å²) in [6.07, 6.45) is 6.97. The molecule has 3 saturated carbocycles. The monoisotopic (exact) mass is 286 g/mol. The molecule has 0 saturated heterocycles. The topological polar surface area (TPSA) is 49.4 Å². The molecule has 4 nitrogen and oxygen atoms in total. The van der Waals surface area contributed by atoms with Crippen LogP contribution in [0.2, 0.25) is 0 Å². The van der Waals surface area contributed by atoms with Gasteiger partial charge in [0.15, 0.2) is 0 Å². The molecular formula is C14H26N2O2S. The van der Waals surface area contributed by atoms with Crippen LogP contribution in [-0.2, 0) is 10.0 Å². The molecule has 0 aliphatic heterocycles. The van der Waals surface area contributed by atoms with Crippen molar-refractivity contribution in [3.8, 4) is 0 Å². The van der Waals surface area contributed by atoms with Crippen LogP contribution in [0.25, 0.3) is 0 Å². The van der Waals surface area contributed by atoms with E-state index in [-0.39, 0.29) is 5.75 Å². The van der Waals surface area contributed by atoms with Crippen molar-refractivity contribution in [1.29, 1.82) is 0 Å². The van der Waals surface area contributed by atoms with Crippen molar-refractivity contribution >= 4 is 10.0 Å². The van der Waals surface area contributed by atoms with Gasteiger partial charge in [-0.25, -0.2) is 12.7 Å². The van der Waals surface area contributed by atoms with Gasteiger partial charge >= 0.3 is 0 Å². The lowest BCUT2D eigenvalue weighted by Crippen LogP contribution is -2.42. The molecule has 0 spiro atoms. The largest absolute Gasteiger partial charge is 0.313 e. The van der Waals surface area contributed by atoms with Crippen LogP contribution in [0.5, 0.6) is 0 Å². The van der Waals surface area contributed by atoms with Gasteiger partial charge in [-0.15, -0.1) is 0 Å². The highest BCUT2D eigenvalue weighted by molar-refractivity contribution is 7.89. The Balaban J connectivity index is 1.50. The van der Waals surface area contributed by atoms with Crippen molar-refractivity contribution in [2.75, 3.05) is 26.4 Å². The minimum atomic E-state index is -3.05. The maximum absolute atomic E-state index is 11.7. The molecule has 110 valence electrons. The highest BCUT2D eigenvalue weighted by Crippen LogP contribution is 2.58. The van der Waals surface area contributed by atoms with Crippen LogP contribution in [-0.4, -0.2) is 45.2 Å². The van der Waals surface area contributed by atoms with E-state index in [4.69, 9.17) is 0 Å². The Kier molecular flexibility index (Phi) is 3.65. The van der Waals surface area contributed by atoms with Crippen LogP contribution in [0.15, 0.2) is 0 Å². The van der Waals surface area contributed by atoms with Crippen molar-refractivity contribution in [2.45, 2.75) is 38.1 Å². The third-order valence-electron chi connectivity index (χ3n) is 5.75. The van der Waals surface area contributed by atoms with E-state index in [1.807, 2.05) is 0 Å². The molecule has 5 unspecified atom stereocenters. The Labute approximate surface area is 117 Å². The van der Waals surface area contributed by atoms with E-state index >= 15 is 0 Å². The van der Waals surface area contributed by atoms with E-state index in [1.165, 1.54) is 36.4 Å². The number of rotatable bonds is 5. The van der Waals surface area contributed by atoms with Gasteiger partial charge in [-0.3, -0.25) is 0 Å². The fraction of sp³-hybridized carbons (Fsp3) is 1.00. The molecule has 0 aromatic carbocycles. The lowest BCUT2D eigenvalue weighted by molar-refractivity contribution is 0.211. The molecule has 0 aromatic rings. The molecule has 0 amide bonds. The second-order valence-electron chi connectivity index (χ2n) is 6.81. The maximum Gasteiger partial charge on any atom is 0.214 e. The van der Waals surface area contributed by atoms with E-state index in [0.29, 0.717) is 12.6 Å². The minimum Gasteiger partial charge on any atom is -0.313 e. The van der Waals surface area contributed by atoms with Crippen molar-refractivity contribution in [3.05, 3.63) is 0 Å². The first-order valence-electron chi connectivity index (χ1n) is 7.62. The SMILES string of the molecule is CN(C)S(=O)(=O)CCNC1CC2CC1C1CCCC21. The zero-order valence-electron chi connectivity index (χ0n) is 12.0. The molecule has 5 atom stereocenters. The highest BCUT2D eigenvalue weighted by Gasteiger charge is 2.53. The molecule has 2 bridgehead atoms. The van der Waals surface area contributed by atoms with Crippen molar-refractivity contribution in [2.24, 2.45) is 23.7 Å². The summed E-state index contributed by atoms with van der Waals surface area (Å²) < 4.78 is 24.8. The van der Waals surface area contributed by atoms with Gasteiger partial charge in [0.25, 0.3) is 0 Å². The van der Waals surface area contributed by atoms with Crippen LogP contribution < -0.4 is 5.32 Å². The minimum absolute atomic E-state index is 0.224. The normalized spacial score (nSPS) is 41.1. The maximum atomic E-state index is 11.7. The first-order valence-corrected chi connectivity index (χ1v) is 9.23. The third-order valence-corrected chi connectivity index (χ3v) is 7.58. The Hall–Kier alpha value is -0.130. The number of sulfonamides is 1. The average molecular weight is 286 g/mol. The van der Waals surface area contributed by atoms with Gasteiger partial charge in [-0.05, 0) is 49.4 Å². The van der Waals surface area contributed by atoms with Crippen LogP contribution in [0.1, 0.15) is 32.1 Å². The summed E-state index contributed by atoms with van der Waals surface area (Å²) in [5.41, 5.74) is 0. The van der Waals surface area contributed by atoms with E-state index in [2.05, 4.69) is 5.32 Å². The highest BCUT2D eigenvalue weighted by atomic mass is 32.2. The Morgan fingerprint density at radius 3 is 2.58 bits per heavy atom. The summed E-state index contributed by atoms with van der Waals surface area (Å²) in [6, 6.07) is 0.585. The zero-order chi connectivity index (χ0) is 13.6. The number of nitrogens with zero attached hydrogens (tertiary/aromatic N) is 1. The predicted octanol–water partition coefficient (Wildman–Crippen LogP) is 1.29. The van der Waals surface area contributed by atoms with Gasteiger partial charge in [0, 0.05) is 26.7 Å². The molecule has 3 rings (SSSR count). The molecule has 0 aromatic heterocycles. The van der Waals surface area contributed by atoms with E-state index < -0.39 is 10.0 Å². The molecule has 19 heavy (non-hydrogen) atoms. The van der Waals surface area contributed by atoms with Gasteiger partial charge in [0.05, 0.1) is 5.75 Å². The summed E-state index contributed by atoms with van der Waals surface area (Å²) in [5.74, 6) is 3.94. The fourth-order valence-electron chi connectivity index (χ4n) is 4.86. The quantitative estimate of drug-likeness (QED) is 0.828. The summed E-state index contributed by atoms with van der Waals surface area (Å²) in [5, 5.41) is 3.53. The van der Waals surface area contributed by atoms with Crippen LogP contribution in [0, 0.1) is 23.7 Å². The van der Waals surface area contributed by atoms with Crippen molar-refractivity contribution in [3.63, 3.8) is 0 Å². The first-order chi connectivity index (χ1) is 8.99. The molecule has 0 radical (unpaired) electrons. The Morgan fingerprint density at radius 2 is 1.84 bits per heavy atom. The Morgan fingerprint density at radius 1 is 1.11 bits per heavy atom. The summed E-state index contributed by atoms with van der Waals surface area (Å²) >= 11 is 0. The average Bonchev–Trinajstić information content (AvgIpc) is 2.99. The number of nitrogens with one attached hydrogen (secondary N) is 1. The number of fused-ring (bicyclic) bond motifs is 5. The van der Waals surface area contributed by atoms with Gasteiger partial charge in [-0.2, -0.15) is 0 Å². The summed E-state index contributed by atoms with van der Waals surface area (Å²) in [7, 11) is 0.165. The molecular weight excluding hydrogens is 260 g/mol. The molecule has 3 aliphatic carbocycles. The van der Waals surface area contributed by atoms with E-state index in [9.17, 15) is 8.42 Å². The standard InChI is InChI=1S/C14H26N2O2S/c1-16(2)19(17,18)7-6-15-14-9-10-8-13(14)12-5-3-4-11(10)12/h10-15H,3-9H2,1-2H3. The molecule has 1 N–H and O–H groups in total.